The van der Waals surface area contributed by atoms with Gasteiger partial charge in [0.25, 0.3) is 0 Å². The van der Waals surface area contributed by atoms with Crippen molar-refractivity contribution in [3.63, 3.8) is 0 Å². The molecule has 1 aromatic carbocycles. The number of halogens is 1. The van der Waals surface area contributed by atoms with Crippen LogP contribution in [0.1, 0.15) is 55.2 Å². The summed E-state index contributed by atoms with van der Waals surface area (Å²) in [5.41, 5.74) is 1.10. The summed E-state index contributed by atoms with van der Waals surface area (Å²) < 4.78 is 31.5. The highest BCUT2D eigenvalue weighted by atomic mass is 19.1. The van der Waals surface area contributed by atoms with E-state index in [0.29, 0.717) is 31.1 Å². The van der Waals surface area contributed by atoms with Crippen molar-refractivity contribution in [3.8, 4) is 17.2 Å². The van der Waals surface area contributed by atoms with Gasteiger partial charge in [-0.25, -0.2) is 23.9 Å². The zero-order valence-electron chi connectivity index (χ0n) is 23.7. The first-order valence-corrected chi connectivity index (χ1v) is 13.9. The number of ether oxygens (including phenoxy) is 3. The van der Waals surface area contributed by atoms with Gasteiger partial charge in [0.05, 0.1) is 18.4 Å². The second kappa shape index (κ2) is 10.4. The van der Waals surface area contributed by atoms with Gasteiger partial charge in [-0.3, -0.25) is 4.98 Å². The Morgan fingerprint density at radius 2 is 1.88 bits per heavy atom. The number of carbonyl (C=O) groups excluding carboxylic acids is 1. The van der Waals surface area contributed by atoms with Gasteiger partial charge in [-0.2, -0.15) is 0 Å². The summed E-state index contributed by atoms with van der Waals surface area (Å²) in [6.07, 6.45) is 6.70. The Bertz CT molecular complexity index is 1530. The normalized spacial score (nSPS) is 17.6. The largest absolute Gasteiger partial charge is 0.490 e. The van der Waals surface area contributed by atoms with E-state index in [1.165, 1.54) is 18.6 Å². The molecule has 1 amide bonds. The molecule has 1 saturated carbocycles. The molecular weight excluding hydrogens is 545 g/mol. The van der Waals surface area contributed by atoms with Crippen LogP contribution < -0.4 is 14.4 Å². The van der Waals surface area contributed by atoms with E-state index in [1.54, 1.807) is 11.1 Å². The van der Waals surface area contributed by atoms with Crippen molar-refractivity contribution < 1.29 is 33.3 Å². The maximum atomic E-state index is 13.6. The van der Waals surface area contributed by atoms with Crippen LogP contribution >= 0.6 is 0 Å². The van der Waals surface area contributed by atoms with E-state index in [2.05, 4.69) is 19.9 Å². The van der Waals surface area contributed by atoms with E-state index in [-0.39, 0.29) is 28.9 Å². The molecule has 2 fully saturated rings. The number of benzene rings is 1. The Morgan fingerprint density at radius 3 is 2.62 bits per heavy atom. The number of hydrogen-bond donors (Lipinski definition) is 1. The van der Waals surface area contributed by atoms with Crippen molar-refractivity contribution in [1.82, 2.24) is 19.9 Å². The molecule has 42 heavy (non-hydrogen) atoms. The lowest BCUT2D eigenvalue weighted by molar-refractivity contribution is -0.0353. The summed E-state index contributed by atoms with van der Waals surface area (Å²) in [7, 11) is 0. The number of aromatic nitrogens is 3. The van der Waals surface area contributed by atoms with Crippen LogP contribution in [0, 0.1) is 11.2 Å². The first kappa shape index (κ1) is 27.7. The number of carboxylic acids is 1. The summed E-state index contributed by atoms with van der Waals surface area (Å²) in [6, 6.07) is 5.21. The number of carboxylic acid groups (broad SMARTS) is 1. The first-order valence-electron chi connectivity index (χ1n) is 13.9. The maximum Gasteiger partial charge on any atom is 0.410 e. The summed E-state index contributed by atoms with van der Waals surface area (Å²) in [5.74, 6) is -0.345. The third-order valence-corrected chi connectivity index (χ3v) is 7.74. The van der Waals surface area contributed by atoms with Gasteiger partial charge in [0.15, 0.2) is 11.6 Å². The zero-order chi connectivity index (χ0) is 29.6. The minimum atomic E-state index is -1.29. The van der Waals surface area contributed by atoms with Crippen molar-refractivity contribution in [2.24, 2.45) is 5.41 Å². The highest BCUT2D eigenvalue weighted by molar-refractivity contribution is 5.91. The van der Waals surface area contributed by atoms with E-state index in [9.17, 15) is 19.1 Å². The van der Waals surface area contributed by atoms with Crippen LogP contribution in [0.4, 0.5) is 15.0 Å². The number of hydrogen-bond acceptors (Lipinski definition) is 9. The van der Waals surface area contributed by atoms with E-state index in [0.717, 1.165) is 55.1 Å². The highest BCUT2D eigenvalue weighted by Gasteiger charge is 2.54. The fraction of sp³-hybridized carbons (Fsp3) is 0.433. The molecule has 3 aromatic rings. The lowest BCUT2D eigenvalue weighted by Crippen LogP contribution is -2.65. The Hall–Kier alpha value is -4.48. The smallest absolute Gasteiger partial charge is 0.410 e. The minimum Gasteiger partial charge on any atom is -0.490 e. The molecule has 11 nitrogen and oxygen atoms in total. The molecule has 1 N–H and O–H groups in total. The summed E-state index contributed by atoms with van der Waals surface area (Å²) in [4.78, 5) is 40.9. The number of rotatable bonds is 6. The van der Waals surface area contributed by atoms with Crippen LogP contribution in [0.3, 0.4) is 0 Å². The first-order chi connectivity index (χ1) is 20.0. The summed E-state index contributed by atoms with van der Waals surface area (Å²) in [5, 5.41) is 9.46. The third kappa shape index (κ3) is 5.53. The average Bonchev–Trinajstić information content (AvgIpc) is 2.89. The number of carbonyl (C=O) groups is 2. The average molecular weight is 578 g/mol. The Balaban J connectivity index is 1.08. The molecule has 220 valence electrons. The molecule has 1 saturated heterocycles. The van der Waals surface area contributed by atoms with Gasteiger partial charge in [0.2, 0.25) is 0 Å². The van der Waals surface area contributed by atoms with Gasteiger partial charge in [0, 0.05) is 43.2 Å². The van der Waals surface area contributed by atoms with Crippen LogP contribution in [0.25, 0.3) is 0 Å². The lowest BCUT2D eigenvalue weighted by Gasteiger charge is -2.59. The number of anilines is 1. The fourth-order valence-electron chi connectivity index (χ4n) is 5.84. The second-order valence-electron chi connectivity index (χ2n) is 12.1. The maximum absolute atomic E-state index is 13.6. The quantitative estimate of drug-likeness (QED) is 0.435. The Kier molecular flexibility index (Phi) is 6.86. The van der Waals surface area contributed by atoms with Gasteiger partial charge in [-0.1, -0.05) is 0 Å². The molecule has 2 aliphatic heterocycles. The lowest BCUT2D eigenvalue weighted by atomic mass is 9.61. The van der Waals surface area contributed by atoms with E-state index >= 15 is 0 Å². The SMILES string of the molecule is CC(C)(C)OC(=O)N1CCc2nccc(OC3CC4(C3)CN(c3ncncc3Oc3ccc(F)cc3C(=O)O)C4)c2C1. The molecule has 4 heterocycles. The van der Waals surface area contributed by atoms with Gasteiger partial charge in [0.1, 0.15) is 40.9 Å². The van der Waals surface area contributed by atoms with Crippen molar-refractivity contribution >= 4 is 17.9 Å². The molecule has 0 atom stereocenters. The topological polar surface area (TPSA) is 127 Å². The van der Waals surface area contributed by atoms with Gasteiger partial charge < -0.3 is 29.1 Å². The number of fused-ring (bicyclic) bond motifs is 1. The standard InChI is InChI=1S/C30H32FN5O6/c1-29(2,3)42-28(39)35-9-7-22-21(14-35)24(6-8-33-22)40-19-11-30(12-19)15-36(16-30)26-25(13-32-17-34-26)41-23-5-4-18(31)10-20(23)27(37)38/h4-6,8,10,13,17,19H,7,9,11-12,14-16H2,1-3H3,(H,37,38). The van der Waals surface area contributed by atoms with Crippen LogP contribution in [-0.2, 0) is 17.7 Å². The van der Waals surface area contributed by atoms with Crippen LogP contribution in [0.15, 0.2) is 43.0 Å². The monoisotopic (exact) mass is 577 g/mol. The number of amides is 1. The molecule has 6 rings (SSSR count). The molecule has 0 bridgehead atoms. The van der Waals surface area contributed by atoms with Crippen LogP contribution in [-0.4, -0.2) is 68.4 Å². The zero-order valence-corrected chi connectivity index (χ0v) is 23.7. The second-order valence-corrected chi connectivity index (χ2v) is 12.1. The van der Waals surface area contributed by atoms with Crippen LogP contribution in [0.5, 0.6) is 17.2 Å². The molecular formula is C30H32FN5O6. The van der Waals surface area contributed by atoms with Gasteiger partial charge >= 0.3 is 12.1 Å². The van der Waals surface area contributed by atoms with E-state index < -0.39 is 17.4 Å². The molecule has 0 unspecified atom stereocenters. The predicted molar refractivity (Wildman–Crippen MR) is 148 cm³/mol. The Morgan fingerprint density at radius 1 is 1.10 bits per heavy atom. The van der Waals surface area contributed by atoms with Gasteiger partial charge in [-0.15, -0.1) is 0 Å². The molecule has 2 aromatic heterocycles. The van der Waals surface area contributed by atoms with Crippen molar-refractivity contribution in [2.75, 3.05) is 24.5 Å². The molecule has 12 heteroatoms. The molecule has 1 spiro atoms. The van der Waals surface area contributed by atoms with Crippen molar-refractivity contribution in [2.45, 2.75) is 58.3 Å². The van der Waals surface area contributed by atoms with E-state index in [1.807, 2.05) is 26.8 Å². The highest BCUT2D eigenvalue weighted by Crippen LogP contribution is 2.52. The fourth-order valence-corrected chi connectivity index (χ4v) is 5.84. The summed E-state index contributed by atoms with van der Waals surface area (Å²) in [6.45, 7) is 7.97. The van der Waals surface area contributed by atoms with Gasteiger partial charge in [-0.05, 0) is 57.9 Å². The third-order valence-electron chi connectivity index (χ3n) is 7.74. The molecule has 3 aliphatic rings. The molecule has 1 aliphatic carbocycles. The Labute approximate surface area is 242 Å². The summed E-state index contributed by atoms with van der Waals surface area (Å²) >= 11 is 0. The number of pyridine rings is 1. The van der Waals surface area contributed by atoms with Crippen molar-refractivity contribution in [3.05, 3.63) is 65.6 Å². The number of nitrogens with zero attached hydrogens (tertiary/aromatic N) is 5. The van der Waals surface area contributed by atoms with Crippen LogP contribution in [0.2, 0.25) is 0 Å². The van der Waals surface area contributed by atoms with Crippen molar-refractivity contribution in [1.29, 1.82) is 0 Å². The number of aromatic carboxylic acids is 1. The van der Waals surface area contributed by atoms with E-state index in [4.69, 9.17) is 14.2 Å². The minimum absolute atomic E-state index is 0.0122. The molecule has 0 radical (unpaired) electrons. The predicted octanol–water partition coefficient (Wildman–Crippen LogP) is 4.84.